The molecule has 3 aromatic carbocycles. The average molecular weight is 562 g/mol. The Morgan fingerprint density at radius 3 is 2.19 bits per heavy atom. The lowest BCUT2D eigenvalue weighted by atomic mass is 10.2. The van der Waals surface area contributed by atoms with E-state index in [1.54, 1.807) is 7.11 Å². The number of rotatable bonds is 8. The summed E-state index contributed by atoms with van der Waals surface area (Å²) in [5.74, 6) is 2.45. The summed E-state index contributed by atoms with van der Waals surface area (Å²) < 4.78 is 19.4. The molecule has 0 atom stereocenters. The first-order valence-corrected chi connectivity index (χ1v) is 11.9. The third-order valence-electron chi connectivity index (χ3n) is 4.40. The number of methoxy groups -OCH3 is 1. The van der Waals surface area contributed by atoms with Crippen LogP contribution in [0.4, 0.5) is 0 Å². The summed E-state index contributed by atoms with van der Waals surface area (Å²) >= 11 is 8.38. The second-order valence-electron chi connectivity index (χ2n) is 6.57. The van der Waals surface area contributed by atoms with Gasteiger partial charge in [0.25, 0.3) is 5.22 Å². The maximum atomic E-state index is 5.93. The molecular weight excluding hydrogens is 544 g/mol. The highest BCUT2D eigenvalue weighted by atomic mass is 79.9. The third kappa shape index (κ3) is 5.90. The molecule has 0 aliphatic carbocycles. The topological polar surface area (TPSA) is 57.4 Å². The molecule has 0 spiro atoms. The van der Waals surface area contributed by atoms with Gasteiger partial charge in [-0.3, -0.25) is 0 Å². The van der Waals surface area contributed by atoms with E-state index >= 15 is 0 Å². The zero-order chi connectivity index (χ0) is 21.6. The molecule has 8 heteroatoms. The minimum Gasteiger partial charge on any atom is -0.493 e. The maximum absolute atomic E-state index is 5.93. The van der Waals surface area contributed by atoms with Gasteiger partial charge in [0.2, 0.25) is 5.89 Å². The van der Waals surface area contributed by atoms with E-state index in [0.717, 1.165) is 25.8 Å². The van der Waals surface area contributed by atoms with Crippen molar-refractivity contribution in [3.8, 4) is 23.0 Å². The van der Waals surface area contributed by atoms with Crippen LogP contribution in [0.5, 0.6) is 11.5 Å². The molecule has 0 saturated heterocycles. The van der Waals surface area contributed by atoms with Gasteiger partial charge in [0.1, 0.15) is 6.61 Å². The molecule has 4 aromatic rings. The van der Waals surface area contributed by atoms with Crippen LogP contribution in [0.3, 0.4) is 0 Å². The summed E-state index contributed by atoms with van der Waals surface area (Å²) in [6.45, 7) is 0.445. The van der Waals surface area contributed by atoms with E-state index in [0.29, 0.717) is 29.2 Å². The van der Waals surface area contributed by atoms with E-state index in [2.05, 4.69) is 54.2 Å². The monoisotopic (exact) mass is 560 g/mol. The van der Waals surface area contributed by atoms with Crippen LogP contribution in [0.2, 0.25) is 0 Å². The van der Waals surface area contributed by atoms with Crippen LogP contribution in [0, 0.1) is 0 Å². The van der Waals surface area contributed by atoms with Gasteiger partial charge >= 0.3 is 0 Å². The second-order valence-corrected chi connectivity index (χ2v) is 9.33. The lowest BCUT2D eigenvalue weighted by molar-refractivity contribution is 0.284. The van der Waals surface area contributed by atoms with Crippen molar-refractivity contribution in [3.63, 3.8) is 0 Å². The highest BCUT2D eigenvalue weighted by molar-refractivity contribution is 9.10. The normalized spacial score (nSPS) is 10.8. The van der Waals surface area contributed by atoms with Gasteiger partial charge in [-0.25, -0.2) is 0 Å². The molecule has 1 aromatic heterocycles. The molecule has 0 saturated carbocycles. The zero-order valence-electron chi connectivity index (χ0n) is 16.5. The van der Waals surface area contributed by atoms with E-state index in [4.69, 9.17) is 13.9 Å². The molecule has 4 rings (SSSR count). The number of ether oxygens (including phenoxy) is 2. The molecule has 0 radical (unpaired) electrons. The van der Waals surface area contributed by atoms with Crippen molar-refractivity contribution in [2.45, 2.75) is 17.6 Å². The first kappa shape index (κ1) is 21.9. The average Bonchev–Trinajstić information content (AvgIpc) is 3.27. The number of benzene rings is 3. The van der Waals surface area contributed by atoms with Gasteiger partial charge in [-0.05, 0) is 53.6 Å². The summed E-state index contributed by atoms with van der Waals surface area (Å²) in [5.41, 5.74) is 3.02. The van der Waals surface area contributed by atoms with Gasteiger partial charge in [-0.1, -0.05) is 67.9 Å². The van der Waals surface area contributed by atoms with Crippen LogP contribution in [0.1, 0.15) is 11.1 Å². The molecule has 1 heterocycles. The summed E-state index contributed by atoms with van der Waals surface area (Å²) in [6, 6.07) is 21.7. The van der Waals surface area contributed by atoms with Crippen LogP contribution in [-0.2, 0) is 12.4 Å². The largest absolute Gasteiger partial charge is 0.493 e. The van der Waals surface area contributed by atoms with Gasteiger partial charge in [0.15, 0.2) is 11.5 Å². The lowest BCUT2D eigenvalue weighted by Crippen LogP contribution is -1.98. The summed E-state index contributed by atoms with van der Waals surface area (Å²) in [4.78, 5) is 0. The first-order chi connectivity index (χ1) is 15.1. The first-order valence-electron chi connectivity index (χ1n) is 9.37. The number of halogens is 2. The van der Waals surface area contributed by atoms with Gasteiger partial charge in [0, 0.05) is 20.3 Å². The fourth-order valence-electron chi connectivity index (χ4n) is 2.77. The Kier molecular flexibility index (Phi) is 7.32. The Morgan fingerprint density at radius 1 is 0.839 bits per heavy atom. The van der Waals surface area contributed by atoms with E-state index in [1.165, 1.54) is 17.3 Å². The zero-order valence-corrected chi connectivity index (χ0v) is 20.5. The number of nitrogens with zero attached hydrogens (tertiary/aromatic N) is 2. The van der Waals surface area contributed by atoms with Crippen molar-refractivity contribution >= 4 is 43.6 Å². The third-order valence-corrected chi connectivity index (χ3v) is 6.35. The van der Waals surface area contributed by atoms with E-state index in [1.807, 2.05) is 54.6 Å². The molecule has 0 unspecified atom stereocenters. The highest BCUT2D eigenvalue weighted by Gasteiger charge is 2.13. The van der Waals surface area contributed by atoms with Crippen molar-refractivity contribution in [2.75, 3.05) is 7.11 Å². The number of thioether (sulfide) groups is 1. The van der Waals surface area contributed by atoms with E-state index in [-0.39, 0.29) is 0 Å². The van der Waals surface area contributed by atoms with Gasteiger partial charge < -0.3 is 13.9 Å². The molecule has 158 valence electrons. The predicted octanol–water partition coefficient (Wildman–Crippen LogP) is 7.14. The number of hydrogen-bond donors (Lipinski definition) is 0. The van der Waals surface area contributed by atoms with Crippen molar-refractivity contribution in [1.29, 1.82) is 0 Å². The van der Waals surface area contributed by atoms with Gasteiger partial charge in [0.05, 0.1) is 7.11 Å². The molecule has 0 amide bonds. The van der Waals surface area contributed by atoms with Crippen molar-refractivity contribution < 1.29 is 13.9 Å². The Labute approximate surface area is 201 Å². The fourth-order valence-corrected chi connectivity index (χ4v) is 4.02. The Hall–Kier alpha value is -2.29. The van der Waals surface area contributed by atoms with Crippen LogP contribution in [0.15, 0.2) is 85.3 Å². The van der Waals surface area contributed by atoms with Crippen LogP contribution in [0.25, 0.3) is 11.5 Å². The quantitative estimate of drug-likeness (QED) is 0.213. The molecule has 31 heavy (non-hydrogen) atoms. The molecule has 0 aliphatic heterocycles. The number of aromatic nitrogens is 2. The van der Waals surface area contributed by atoms with Crippen LogP contribution >= 0.6 is 43.6 Å². The molecule has 0 N–H and O–H groups in total. The molecule has 5 nitrogen and oxygen atoms in total. The second kappa shape index (κ2) is 10.3. The Morgan fingerprint density at radius 2 is 1.52 bits per heavy atom. The minimum atomic E-state index is 0.441. The lowest BCUT2D eigenvalue weighted by Gasteiger charge is -2.11. The summed E-state index contributed by atoms with van der Waals surface area (Å²) in [6.07, 6.45) is 0. The maximum Gasteiger partial charge on any atom is 0.277 e. The smallest absolute Gasteiger partial charge is 0.277 e. The molecule has 0 aliphatic rings. The predicted molar refractivity (Wildman–Crippen MR) is 128 cm³/mol. The van der Waals surface area contributed by atoms with E-state index in [9.17, 15) is 0 Å². The SMILES string of the molecule is COc1cc(-c2nnc(SCc3ccc(Br)cc3)o2)ccc1OCc1ccc(Br)cc1. The Bertz CT molecular complexity index is 1150. The molecular formula is C23H18Br2N2O3S. The summed E-state index contributed by atoms with van der Waals surface area (Å²) in [5, 5.41) is 8.84. The highest BCUT2D eigenvalue weighted by Crippen LogP contribution is 2.34. The van der Waals surface area contributed by atoms with Crippen LogP contribution in [-0.4, -0.2) is 17.3 Å². The van der Waals surface area contributed by atoms with Gasteiger partial charge in [-0.15, -0.1) is 10.2 Å². The van der Waals surface area contributed by atoms with Gasteiger partial charge in [-0.2, -0.15) is 0 Å². The van der Waals surface area contributed by atoms with E-state index < -0.39 is 0 Å². The number of hydrogen-bond acceptors (Lipinski definition) is 6. The van der Waals surface area contributed by atoms with Crippen molar-refractivity contribution in [1.82, 2.24) is 10.2 Å². The van der Waals surface area contributed by atoms with Crippen molar-refractivity contribution in [2.24, 2.45) is 0 Å². The molecule has 0 fully saturated rings. The fraction of sp³-hybridized carbons (Fsp3) is 0.130. The standard InChI is InChI=1S/C23H18Br2N2O3S/c1-28-21-12-17(6-11-20(21)29-13-15-2-7-18(24)8-3-15)22-26-27-23(30-22)31-14-16-4-9-19(25)10-5-16/h2-12H,13-14H2,1H3. The molecule has 0 bridgehead atoms. The minimum absolute atomic E-state index is 0.441. The summed E-state index contributed by atoms with van der Waals surface area (Å²) in [7, 11) is 1.61. The van der Waals surface area contributed by atoms with Crippen molar-refractivity contribution in [3.05, 3.63) is 86.8 Å². The van der Waals surface area contributed by atoms with Crippen LogP contribution < -0.4 is 9.47 Å². The Balaban J connectivity index is 1.42.